The van der Waals surface area contributed by atoms with Gasteiger partial charge >= 0.3 is 0 Å². The molecule has 3 aromatic heterocycles. The van der Waals surface area contributed by atoms with Crippen molar-refractivity contribution in [2.45, 2.75) is 56.0 Å². The second kappa shape index (κ2) is 12.0. The van der Waals surface area contributed by atoms with Gasteiger partial charge in [-0.25, -0.2) is 9.50 Å². The summed E-state index contributed by atoms with van der Waals surface area (Å²) in [5, 5.41) is 24.8. The molecule has 5 aliphatic rings. The lowest BCUT2D eigenvalue weighted by Gasteiger charge is -2.56. The zero-order valence-electron chi connectivity index (χ0n) is 25.6. The number of hydrogen-bond acceptors (Lipinski definition) is 9. The predicted octanol–water partition coefficient (Wildman–Crippen LogP) is 3.42. The average Bonchev–Trinajstić information content (AvgIpc) is 3.51. The van der Waals surface area contributed by atoms with Crippen molar-refractivity contribution in [3.63, 3.8) is 0 Å². The van der Waals surface area contributed by atoms with Gasteiger partial charge in [-0.1, -0.05) is 30.3 Å². The van der Waals surface area contributed by atoms with Crippen LogP contribution in [0.2, 0.25) is 0 Å². The van der Waals surface area contributed by atoms with Crippen LogP contribution in [0.4, 0.5) is 5.82 Å². The number of pyridine rings is 2. The number of aliphatic hydroxyl groups is 1. The number of rotatable bonds is 10. The summed E-state index contributed by atoms with van der Waals surface area (Å²) in [6.07, 6.45) is 7.69. The summed E-state index contributed by atoms with van der Waals surface area (Å²) in [4.78, 5) is 24.6. The van der Waals surface area contributed by atoms with Gasteiger partial charge in [-0.15, -0.1) is 0 Å². The average molecular weight is 620 g/mol. The first-order valence-electron chi connectivity index (χ1n) is 16.2. The normalized spacial score (nSPS) is 24.2. The van der Waals surface area contributed by atoms with Crippen LogP contribution >= 0.6 is 0 Å². The summed E-state index contributed by atoms with van der Waals surface area (Å²) in [6.45, 7) is 4.67. The van der Waals surface area contributed by atoms with Crippen molar-refractivity contribution in [2.24, 2.45) is 0 Å². The summed E-state index contributed by atoms with van der Waals surface area (Å²) in [5.41, 5.74) is 3.70. The number of hydrogen-bond donors (Lipinski definition) is 1. The highest BCUT2D eigenvalue weighted by atomic mass is 16.5. The number of nitriles is 1. The fourth-order valence-corrected chi connectivity index (χ4v) is 7.69. The molecule has 5 aliphatic heterocycles. The number of anilines is 1. The lowest BCUT2D eigenvalue weighted by molar-refractivity contribution is -0.148. The van der Waals surface area contributed by atoms with Gasteiger partial charge in [-0.2, -0.15) is 10.4 Å². The number of piperazine rings is 1. The minimum atomic E-state index is -0.798. The van der Waals surface area contributed by atoms with Crippen molar-refractivity contribution in [1.82, 2.24) is 24.4 Å². The third kappa shape index (κ3) is 5.26. The number of morpholine rings is 1. The van der Waals surface area contributed by atoms with E-state index >= 15 is 0 Å². The SMILES string of the molecule is N#Cc1cnn2cc(OCCCN3C4COCC3C4)cc(-c3ccc(N4CC5CC(C4)N5C(=O)C[C@H](O)c4ccccc4)nc3)c12. The van der Waals surface area contributed by atoms with E-state index in [1.54, 1.807) is 10.7 Å². The molecule has 0 radical (unpaired) electrons. The number of aromatic nitrogens is 3. The van der Waals surface area contributed by atoms with Crippen molar-refractivity contribution < 1.29 is 19.4 Å². The monoisotopic (exact) mass is 619 g/mol. The third-order valence-corrected chi connectivity index (χ3v) is 10.1. The highest BCUT2D eigenvalue weighted by Gasteiger charge is 2.47. The van der Waals surface area contributed by atoms with E-state index in [9.17, 15) is 15.2 Å². The molecule has 11 nitrogen and oxygen atoms in total. The topological polar surface area (TPSA) is 119 Å². The summed E-state index contributed by atoms with van der Waals surface area (Å²) >= 11 is 0. The number of ether oxygens (including phenoxy) is 2. The van der Waals surface area contributed by atoms with Crippen LogP contribution in [0.15, 0.2) is 67.1 Å². The zero-order chi connectivity index (χ0) is 31.2. The van der Waals surface area contributed by atoms with Gasteiger partial charge in [0.05, 0.1) is 67.9 Å². The number of fused-ring (bicyclic) bond motifs is 5. The van der Waals surface area contributed by atoms with E-state index in [2.05, 4.69) is 21.0 Å². The molecule has 4 bridgehead atoms. The molecule has 11 heteroatoms. The molecular formula is C35H37N7O4. The van der Waals surface area contributed by atoms with Crippen LogP contribution in [0.5, 0.6) is 5.75 Å². The quantitative estimate of drug-likeness (QED) is 0.266. The Bertz CT molecular complexity index is 1750. The fourth-order valence-electron chi connectivity index (χ4n) is 7.69. The second-order valence-corrected chi connectivity index (χ2v) is 12.9. The number of aliphatic hydroxyl groups excluding tert-OH is 1. The van der Waals surface area contributed by atoms with Gasteiger partial charge in [-0.3, -0.25) is 9.69 Å². The number of piperidine rings is 1. The van der Waals surface area contributed by atoms with Crippen molar-refractivity contribution in [3.05, 3.63) is 78.2 Å². The molecule has 9 rings (SSSR count). The lowest BCUT2D eigenvalue weighted by atomic mass is 9.86. The standard InChI is InChI=1S/C35H37N7O4/c36-15-25-17-38-41-20-30(46-10-4-9-40-28-12-29(40)22-45-21-28)13-31(35(25)41)24-7-8-33(37-16-24)39-18-26-11-27(19-39)42(26)34(44)14-32(43)23-5-2-1-3-6-23/h1-3,5-8,13,16-17,20,26-29,32,43H,4,9-12,14,18-19,21-22H2/t26?,27?,28?,29?,32-/m0/s1. The molecule has 1 amide bonds. The maximum absolute atomic E-state index is 13.1. The summed E-state index contributed by atoms with van der Waals surface area (Å²) in [7, 11) is 0. The maximum atomic E-state index is 13.1. The van der Waals surface area contributed by atoms with E-state index in [0.717, 1.165) is 60.6 Å². The van der Waals surface area contributed by atoms with Gasteiger partial charge in [0.2, 0.25) is 5.91 Å². The maximum Gasteiger partial charge on any atom is 0.226 e. The Labute approximate surface area is 267 Å². The minimum Gasteiger partial charge on any atom is -0.492 e. The number of carbonyl (C=O) groups is 1. The summed E-state index contributed by atoms with van der Waals surface area (Å²) in [6, 6.07) is 19.0. The van der Waals surface area contributed by atoms with Crippen molar-refractivity contribution in [3.8, 4) is 22.9 Å². The van der Waals surface area contributed by atoms with E-state index in [-0.39, 0.29) is 24.4 Å². The molecular weight excluding hydrogens is 582 g/mol. The van der Waals surface area contributed by atoms with E-state index in [0.29, 0.717) is 43.1 Å². The predicted molar refractivity (Wildman–Crippen MR) is 170 cm³/mol. The molecule has 8 heterocycles. The van der Waals surface area contributed by atoms with Crippen LogP contribution in [0.25, 0.3) is 16.6 Å². The Morgan fingerprint density at radius 1 is 1.07 bits per heavy atom. The summed E-state index contributed by atoms with van der Waals surface area (Å²) < 4.78 is 13.5. The van der Waals surface area contributed by atoms with E-state index < -0.39 is 6.10 Å². The number of benzene rings is 1. The Morgan fingerprint density at radius 2 is 1.85 bits per heavy atom. The first-order chi connectivity index (χ1) is 22.6. The van der Waals surface area contributed by atoms with Crippen LogP contribution in [0.3, 0.4) is 0 Å². The molecule has 236 valence electrons. The lowest BCUT2D eigenvalue weighted by Crippen LogP contribution is -2.70. The van der Waals surface area contributed by atoms with Gasteiger partial charge in [0, 0.05) is 49.0 Å². The molecule has 4 unspecified atom stereocenters. The van der Waals surface area contributed by atoms with Crippen LogP contribution in [-0.2, 0) is 9.53 Å². The van der Waals surface area contributed by atoms with Gasteiger partial charge in [-0.05, 0) is 43.0 Å². The second-order valence-electron chi connectivity index (χ2n) is 12.9. The number of amides is 1. The molecule has 0 saturated carbocycles. The molecule has 5 fully saturated rings. The largest absolute Gasteiger partial charge is 0.492 e. The highest BCUT2D eigenvalue weighted by molar-refractivity contribution is 5.85. The molecule has 0 spiro atoms. The van der Waals surface area contributed by atoms with Crippen LogP contribution in [-0.4, -0.2) is 99.0 Å². The Morgan fingerprint density at radius 3 is 2.57 bits per heavy atom. The molecule has 5 atom stereocenters. The first-order valence-corrected chi connectivity index (χ1v) is 16.2. The van der Waals surface area contributed by atoms with Gasteiger partial charge in [0.25, 0.3) is 0 Å². The molecule has 5 saturated heterocycles. The highest BCUT2D eigenvalue weighted by Crippen LogP contribution is 2.37. The third-order valence-electron chi connectivity index (χ3n) is 10.1. The van der Waals surface area contributed by atoms with Crippen LogP contribution in [0.1, 0.15) is 42.9 Å². The molecule has 1 aromatic carbocycles. The Hall–Kier alpha value is -4.50. The molecule has 46 heavy (non-hydrogen) atoms. The van der Waals surface area contributed by atoms with Crippen molar-refractivity contribution in [2.75, 3.05) is 44.4 Å². The number of nitrogens with zero attached hydrogens (tertiary/aromatic N) is 7. The van der Waals surface area contributed by atoms with E-state index in [4.69, 9.17) is 14.5 Å². The minimum absolute atomic E-state index is 0.00140. The molecule has 4 aromatic rings. The first kappa shape index (κ1) is 28.9. The van der Waals surface area contributed by atoms with E-state index in [1.807, 2.05) is 65.8 Å². The van der Waals surface area contributed by atoms with Crippen molar-refractivity contribution >= 4 is 17.2 Å². The van der Waals surface area contributed by atoms with Gasteiger partial charge in [0.1, 0.15) is 17.6 Å². The fraction of sp³-hybridized carbons (Fsp3) is 0.429. The van der Waals surface area contributed by atoms with Gasteiger partial charge in [0.15, 0.2) is 0 Å². The molecule has 0 aliphatic carbocycles. The smallest absolute Gasteiger partial charge is 0.226 e. The summed E-state index contributed by atoms with van der Waals surface area (Å²) in [5.74, 6) is 1.55. The van der Waals surface area contributed by atoms with Crippen LogP contribution < -0.4 is 9.64 Å². The zero-order valence-corrected chi connectivity index (χ0v) is 25.6. The van der Waals surface area contributed by atoms with Gasteiger partial charge < -0.3 is 24.4 Å². The van der Waals surface area contributed by atoms with E-state index in [1.165, 1.54) is 6.42 Å². The Kier molecular flexibility index (Phi) is 7.56. The Balaban J connectivity index is 0.928. The number of carbonyl (C=O) groups excluding carboxylic acids is 1. The van der Waals surface area contributed by atoms with Crippen LogP contribution in [0, 0.1) is 11.3 Å². The molecule has 1 N–H and O–H groups in total. The van der Waals surface area contributed by atoms with Crippen molar-refractivity contribution in [1.29, 1.82) is 5.26 Å².